The van der Waals surface area contributed by atoms with Gasteiger partial charge in [-0.3, -0.25) is 13.8 Å². The van der Waals surface area contributed by atoms with Crippen molar-refractivity contribution in [2.75, 3.05) is 27.1 Å². The molecular weight excluding hydrogens is 511 g/mol. The van der Waals surface area contributed by atoms with Crippen molar-refractivity contribution in [2.24, 2.45) is 0 Å². The van der Waals surface area contributed by atoms with Crippen LogP contribution in [0.2, 0.25) is 10.0 Å². The van der Waals surface area contributed by atoms with E-state index in [9.17, 15) is 21.6 Å². The minimum absolute atomic E-state index is 0.0419. The van der Waals surface area contributed by atoms with E-state index in [-0.39, 0.29) is 32.1 Å². The van der Waals surface area contributed by atoms with Gasteiger partial charge in [-0.05, 0) is 54.6 Å². The first-order valence-electron chi connectivity index (χ1n) is 9.22. The zero-order valence-electron chi connectivity index (χ0n) is 17.1. The highest BCUT2D eigenvalue weighted by atomic mass is 35.5. The lowest BCUT2D eigenvalue weighted by Crippen LogP contribution is -2.37. The fourth-order valence-electron chi connectivity index (χ4n) is 2.71. The number of benzene rings is 2. The molecule has 0 bridgehead atoms. The molecule has 0 saturated heterocycles. The van der Waals surface area contributed by atoms with Crippen LogP contribution in [0.25, 0.3) is 0 Å². The summed E-state index contributed by atoms with van der Waals surface area (Å²) >= 11 is 11.8. The molecule has 1 heterocycles. The first kappa shape index (κ1) is 24.8. The molecular formula is C20H18Cl2N4O5S2. The van der Waals surface area contributed by atoms with E-state index in [1.165, 1.54) is 54.7 Å². The monoisotopic (exact) mass is 528 g/mol. The van der Waals surface area contributed by atoms with Crippen LogP contribution in [0.5, 0.6) is 0 Å². The van der Waals surface area contributed by atoms with Crippen LogP contribution in [0.1, 0.15) is 0 Å². The molecule has 0 unspecified atom stereocenters. The van der Waals surface area contributed by atoms with Crippen molar-refractivity contribution in [3.63, 3.8) is 0 Å². The van der Waals surface area contributed by atoms with E-state index in [0.717, 1.165) is 10.6 Å². The number of carbonyl (C=O) groups excluding carboxylic acids is 1. The smallest absolute Gasteiger partial charge is 0.263 e. The molecule has 0 radical (unpaired) electrons. The van der Waals surface area contributed by atoms with Crippen LogP contribution in [0.4, 0.5) is 17.2 Å². The van der Waals surface area contributed by atoms with Gasteiger partial charge in [0, 0.05) is 11.9 Å². The van der Waals surface area contributed by atoms with Gasteiger partial charge in [-0.15, -0.1) is 0 Å². The number of hydrogen-bond acceptors (Lipinski definition) is 6. The minimum atomic E-state index is -3.88. The zero-order valence-corrected chi connectivity index (χ0v) is 20.2. The van der Waals surface area contributed by atoms with Crippen molar-refractivity contribution in [3.8, 4) is 0 Å². The number of halogens is 2. The zero-order chi connectivity index (χ0) is 24.2. The number of hydrogen-bond donors (Lipinski definition) is 2. The quantitative estimate of drug-likeness (QED) is 0.460. The third-order valence-electron chi connectivity index (χ3n) is 4.23. The maximum atomic E-state index is 12.5. The predicted octanol–water partition coefficient (Wildman–Crippen LogP) is 3.59. The summed E-state index contributed by atoms with van der Waals surface area (Å²) in [6, 6.07) is 14.4. The molecule has 174 valence electrons. The van der Waals surface area contributed by atoms with Crippen molar-refractivity contribution >= 4 is 66.3 Å². The lowest BCUT2D eigenvalue weighted by atomic mass is 10.3. The van der Waals surface area contributed by atoms with Gasteiger partial charge in [-0.2, -0.15) is 0 Å². The molecule has 1 amide bonds. The summed E-state index contributed by atoms with van der Waals surface area (Å²) in [6.07, 6.45) is 2.41. The number of nitrogens with zero attached hydrogens (tertiary/aromatic N) is 2. The van der Waals surface area contributed by atoms with Crippen molar-refractivity contribution in [3.05, 3.63) is 76.9 Å². The number of anilines is 3. The number of rotatable bonds is 8. The summed E-state index contributed by atoms with van der Waals surface area (Å²) in [5.41, 5.74) is 0.448. The van der Waals surface area contributed by atoms with E-state index in [4.69, 9.17) is 23.2 Å². The summed E-state index contributed by atoms with van der Waals surface area (Å²) in [7, 11) is -7.69. The predicted molar refractivity (Wildman–Crippen MR) is 129 cm³/mol. The van der Waals surface area contributed by atoms with Crippen LogP contribution in [0.3, 0.4) is 0 Å². The lowest BCUT2D eigenvalue weighted by molar-refractivity contribution is -0.114. The van der Waals surface area contributed by atoms with E-state index in [0.29, 0.717) is 0 Å². The molecule has 2 N–H and O–H groups in total. The van der Waals surface area contributed by atoms with Crippen LogP contribution in [0.15, 0.2) is 71.8 Å². The second kappa shape index (κ2) is 9.96. The fourth-order valence-corrected chi connectivity index (χ4v) is 4.86. The van der Waals surface area contributed by atoms with Gasteiger partial charge >= 0.3 is 0 Å². The topological polar surface area (TPSA) is 126 Å². The van der Waals surface area contributed by atoms with Crippen LogP contribution in [-0.2, 0) is 24.8 Å². The van der Waals surface area contributed by atoms with Crippen LogP contribution in [0, 0.1) is 0 Å². The molecule has 0 aliphatic rings. The molecule has 3 aromatic rings. The Bertz CT molecular complexity index is 1370. The van der Waals surface area contributed by atoms with Gasteiger partial charge in [0.2, 0.25) is 15.9 Å². The van der Waals surface area contributed by atoms with Gasteiger partial charge in [0.05, 0.1) is 26.9 Å². The Hall–Kier alpha value is -2.86. The molecule has 0 fully saturated rings. The Morgan fingerprint density at radius 3 is 2.24 bits per heavy atom. The molecule has 0 atom stereocenters. The van der Waals surface area contributed by atoms with Crippen molar-refractivity contribution in [2.45, 2.75) is 4.90 Å². The van der Waals surface area contributed by atoms with E-state index < -0.39 is 32.5 Å². The summed E-state index contributed by atoms with van der Waals surface area (Å²) in [5.74, 6) is -0.480. The molecule has 0 aliphatic carbocycles. The SMILES string of the molecule is CS(=O)(=O)N(CC(=O)Nc1ccc(S(=O)(=O)Nc2ccccn2)cc1)c1ccc(Cl)c(Cl)c1. The normalized spacial score (nSPS) is 11.6. The maximum absolute atomic E-state index is 12.5. The largest absolute Gasteiger partial charge is 0.325 e. The Balaban J connectivity index is 1.72. The summed E-state index contributed by atoms with van der Waals surface area (Å²) in [5, 5.41) is 2.92. The highest BCUT2D eigenvalue weighted by Crippen LogP contribution is 2.28. The van der Waals surface area contributed by atoms with Gasteiger partial charge in [0.25, 0.3) is 10.0 Å². The molecule has 13 heteroatoms. The lowest BCUT2D eigenvalue weighted by Gasteiger charge is -2.22. The molecule has 0 spiro atoms. The Morgan fingerprint density at radius 2 is 1.67 bits per heavy atom. The van der Waals surface area contributed by atoms with Crippen LogP contribution >= 0.6 is 23.2 Å². The van der Waals surface area contributed by atoms with Gasteiger partial charge in [-0.25, -0.2) is 21.8 Å². The molecule has 0 saturated carbocycles. The van der Waals surface area contributed by atoms with E-state index >= 15 is 0 Å². The fraction of sp³-hybridized carbons (Fsp3) is 0.100. The number of amides is 1. The van der Waals surface area contributed by atoms with Gasteiger partial charge < -0.3 is 5.32 Å². The van der Waals surface area contributed by atoms with Crippen LogP contribution in [-0.4, -0.2) is 40.5 Å². The van der Waals surface area contributed by atoms with Gasteiger partial charge in [0.1, 0.15) is 12.4 Å². The van der Waals surface area contributed by atoms with Crippen LogP contribution < -0.4 is 14.3 Å². The maximum Gasteiger partial charge on any atom is 0.263 e. The highest BCUT2D eigenvalue weighted by molar-refractivity contribution is 7.92. The molecule has 1 aromatic heterocycles. The number of nitrogens with one attached hydrogen (secondary N) is 2. The third kappa shape index (κ3) is 6.57. The Morgan fingerprint density at radius 1 is 0.970 bits per heavy atom. The third-order valence-corrected chi connectivity index (χ3v) is 7.48. The summed E-state index contributed by atoms with van der Waals surface area (Å²) < 4.78 is 52.6. The molecule has 33 heavy (non-hydrogen) atoms. The number of sulfonamides is 2. The van der Waals surface area contributed by atoms with E-state index in [1.54, 1.807) is 12.1 Å². The summed E-state index contributed by atoms with van der Waals surface area (Å²) in [4.78, 5) is 16.4. The molecule has 3 rings (SSSR count). The average molecular weight is 529 g/mol. The van der Waals surface area contributed by atoms with Gasteiger partial charge in [0.15, 0.2) is 0 Å². The second-order valence-electron chi connectivity index (χ2n) is 6.76. The number of carbonyl (C=O) groups is 1. The van der Waals surface area contributed by atoms with E-state index in [2.05, 4.69) is 15.0 Å². The average Bonchev–Trinajstić information content (AvgIpc) is 2.74. The van der Waals surface area contributed by atoms with Crippen molar-refractivity contribution in [1.29, 1.82) is 0 Å². The van der Waals surface area contributed by atoms with E-state index in [1.807, 2.05) is 0 Å². The number of pyridine rings is 1. The molecule has 2 aromatic carbocycles. The molecule has 9 nitrogen and oxygen atoms in total. The standard InChI is InChI=1S/C20H18Cl2N4O5S2/c1-32(28,29)26(15-7-10-17(21)18(22)12-15)13-20(27)24-14-5-8-16(9-6-14)33(30,31)25-19-4-2-3-11-23-19/h2-12H,13H2,1H3,(H,23,25)(H,24,27). The minimum Gasteiger partial charge on any atom is -0.325 e. The first-order chi connectivity index (χ1) is 15.5. The molecule has 0 aliphatic heterocycles. The first-order valence-corrected chi connectivity index (χ1v) is 13.3. The summed E-state index contributed by atoms with van der Waals surface area (Å²) in [6.45, 7) is -0.530. The van der Waals surface area contributed by atoms with Crippen molar-refractivity contribution < 1.29 is 21.6 Å². The Labute approximate surface area is 201 Å². The second-order valence-corrected chi connectivity index (χ2v) is 11.2. The van der Waals surface area contributed by atoms with Crippen molar-refractivity contribution in [1.82, 2.24) is 4.98 Å². The Kier molecular flexibility index (Phi) is 7.48. The highest BCUT2D eigenvalue weighted by Gasteiger charge is 2.22. The number of aromatic nitrogens is 1. The van der Waals surface area contributed by atoms with Gasteiger partial charge in [-0.1, -0.05) is 29.3 Å².